The van der Waals surface area contributed by atoms with E-state index in [1.807, 2.05) is 18.2 Å². The predicted octanol–water partition coefficient (Wildman–Crippen LogP) is 3.58. The lowest BCUT2D eigenvalue weighted by Gasteiger charge is -2.06. The Morgan fingerprint density at radius 2 is 1.90 bits per heavy atom. The van der Waals surface area contributed by atoms with Crippen LogP contribution in [-0.4, -0.2) is 12.5 Å². The molecule has 0 radical (unpaired) electrons. The average molecular weight is 271 g/mol. The van der Waals surface area contributed by atoms with Gasteiger partial charge in [-0.3, -0.25) is 4.79 Å². The van der Waals surface area contributed by atoms with Crippen LogP contribution in [0.5, 0.6) is 0 Å². The highest BCUT2D eigenvalue weighted by Gasteiger charge is 2.60. The summed E-state index contributed by atoms with van der Waals surface area (Å²) >= 11 is 0. The molecule has 0 heterocycles. The fourth-order valence-electron chi connectivity index (χ4n) is 2.93. The van der Waals surface area contributed by atoms with Gasteiger partial charge in [0.25, 0.3) is 0 Å². The molecule has 1 aliphatic carbocycles. The van der Waals surface area contributed by atoms with Crippen molar-refractivity contribution in [3.63, 3.8) is 0 Å². The standard InChI is InChI=1S/C18H25NO/c1-13(2)12-15-16(18(15,3)4)17(20)19-11-10-14-8-6-5-7-9-14/h5-9,12,15-16H,10-11H2,1-4H3,(H,19,20)/t15-,16-/m0/s1. The van der Waals surface area contributed by atoms with E-state index in [1.54, 1.807) is 0 Å². The van der Waals surface area contributed by atoms with Crippen molar-refractivity contribution < 1.29 is 4.79 Å². The first-order valence-electron chi connectivity index (χ1n) is 7.39. The smallest absolute Gasteiger partial charge is 0.224 e. The molecule has 0 spiro atoms. The second kappa shape index (κ2) is 5.82. The molecule has 1 amide bonds. The molecular weight excluding hydrogens is 246 g/mol. The molecule has 1 aromatic carbocycles. The summed E-state index contributed by atoms with van der Waals surface area (Å²) in [6.07, 6.45) is 3.13. The van der Waals surface area contributed by atoms with Crippen LogP contribution < -0.4 is 5.32 Å². The van der Waals surface area contributed by atoms with Gasteiger partial charge in [0.05, 0.1) is 5.92 Å². The molecule has 1 aromatic rings. The minimum atomic E-state index is 0.105. The van der Waals surface area contributed by atoms with E-state index in [-0.39, 0.29) is 17.2 Å². The number of carbonyl (C=O) groups is 1. The molecule has 1 saturated carbocycles. The maximum atomic E-state index is 12.3. The van der Waals surface area contributed by atoms with Crippen LogP contribution in [0.15, 0.2) is 42.0 Å². The zero-order valence-corrected chi connectivity index (χ0v) is 12.9. The van der Waals surface area contributed by atoms with Gasteiger partial charge in [0, 0.05) is 6.54 Å². The van der Waals surface area contributed by atoms with Crippen LogP contribution in [0.4, 0.5) is 0 Å². The summed E-state index contributed by atoms with van der Waals surface area (Å²) in [6.45, 7) is 9.27. The second-order valence-electron chi connectivity index (χ2n) is 6.60. The maximum absolute atomic E-state index is 12.3. The minimum absolute atomic E-state index is 0.105. The van der Waals surface area contributed by atoms with Gasteiger partial charge in [-0.05, 0) is 37.2 Å². The van der Waals surface area contributed by atoms with Gasteiger partial charge in [-0.2, -0.15) is 0 Å². The highest BCUT2D eigenvalue weighted by molar-refractivity contribution is 5.83. The van der Waals surface area contributed by atoms with E-state index in [2.05, 4.69) is 51.2 Å². The molecule has 2 heteroatoms. The Morgan fingerprint density at radius 3 is 2.50 bits per heavy atom. The van der Waals surface area contributed by atoms with Gasteiger partial charge < -0.3 is 5.32 Å². The Morgan fingerprint density at radius 1 is 1.25 bits per heavy atom. The van der Waals surface area contributed by atoms with Gasteiger partial charge in [0.1, 0.15) is 0 Å². The largest absolute Gasteiger partial charge is 0.355 e. The Labute approximate surface area is 122 Å². The minimum Gasteiger partial charge on any atom is -0.355 e. The summed E-state index contributed by atoms with van der Waals surface area (Å²) in [5.41, 5.74) is 2.67. The fraction of sp³-hybridized carbons (Fsp3) is 0.500. The van der Waals surface area contributed by atoms with Crippen molar-refractivity contribution in [1.29, 1.82) is 0 Å². The molecule has 1 fully saturated rings. The van der Waals surface area contributed by atoms with Crippen LogP contribution in [0.1, 0.15) is 33.3 Å². The highest BCUT2D eigenvalue weighted by Crippen LogP contribution is 2.59. The third-order valence-corrected chi connectivity index (χ3v) is 4.26. The number of hydrogen-bond donors (Lipinski definition) is 1. The molecule has 1 N–H and O–H groups in total. The van der Waals surface area contributed by atoms with Crippen LogP contribution in [0, 0.1) is 17.3 Å². The molecule has 20 heavy (non-hydrogen) atoms. The van der Waals surface area contributed by atoms with E-state index < -0.39 is 0 Å². The van der Waals surface area contributed by atoms with Gasteiger partial charge in [-0.25, -0.2) is 0 Å². The normalized spacial score (nSPS) is 23.0. The zero-order valence-electron chi connectivity index (χ0n) is 12.9. The van der Waals surface area contributed by atoms with Crippen LogP contribution >= 0.6 is 0 Å². The van der Waals surface area contributed by atoms with Crippen molar-refractivity contribution >= 4 is 5.91 Å². The number of amides is 1. The van der Waals surface area contributed by atoms with Gasteiger partial charge in [0.15, 0.2) is 0 Å². The maximum Gasteiger partial charge on any atom is 0.224 e. The predicted molar refractivity (Wildman–Crippen MR) is 83.3 cm³/mol. The SMILES string of the molecule is CC(C)=C[C@H]1[C@@H](C(=O)NCCc2ccccc2)C1(C)C. The number of carbonyl (C=O) groups excluding carboxylic acids is 1. The molecule has 0 bridgehead atoms. The molecular formula is C18H25NO. The molecule has 108 valence electrons. The highest BCUT2D eigenvalue weighted by atomic mass is 16.2. The van der Waals surface area contributed by atoms with E-state index in [1.165, 1.54) is 11.1 Å². The van der Waals surface area contributed by atoms with Gasteiger partial charge >= 0.3 is 0 Å². The number of nitrogens with one attached hydrogen (secondary N) is 1. The van der Waals surface area contributed by atoms with E-state index in [0.29, 0.717) is 5.92 Å². The van der Waals surface area contributed by atoms with Gasteiger partial charge in [-0.15, -0.1) is 0 Å². The molecule has 0 unspecified atom stereocenters. The first-order valence-corrected chi connectivity index (χ1v) is 7.39. The fourth-order valence-corrected chi connectivity index (χ4v) is 2.93. The quantitative estimate of drug-likeness (QED) is 0.815. The summed E-state index contributed by atoms with van der Waals surface area (Å²) in [4.78, 5) is 12.3. The summed E-state index contributed by atoms with van der Waals surface area (Å²) < 4.78 is 0. The first kappa shape index (κ1) is 14.8. The van der Waals surface area contributed by atoms with Gasteiger partial charge in [0.2, 0.25) is 5.91 Å². The lowest BCUT2D eigenvalue weighted by molar-refractivity contribution is -0.123. The van der Waals surface area contributed by atoms with E-state index in [0.717, 1.165) is 13.0 Å². The molecule has 1 aliphatic rings. The average Bonchev–Trinajstić information content (AvgIpc) is 2.91. The van der Waals surface area contributed by atoms with Crippen LogP contribution in [0.25, 0.3) is 0 Å². The molecule has 0 saturated heterocycles. The lowest BCUT2D eigenvalue weighted by atomic mass is 10.1. The zero-order chi connectivity index (χ0) is 14.8. The molecule has 0 aromatic heterocycles. The second-order valence-corrected chi connectivity index (χ2v) is 6.60. The molecule has 0 aliphatic heterocycles. The van der Waals surface area contributed by atoms with Crippen molar-refractivity contribution in [2.24, 2.45) is 17.3 Å². The van der Waals surface area contributed by atoms with Gasteiger partial charge in [-0.1, -0.05) is 55.8 Å². The summed E-state index contributed by atoms with van der Waals surface area (Å²) in [6, 6.07) is 10.3. The third kappa shape index (κ3) is 3.30. The molecule has 2 atom stereocenters. The Balaban J connectivity index is 1.83. The number of benzene rings is 1. The topological polar surface area (TPSA) is 29.1 Å². The number of allylic oxidation sites excluding steroid dienone is 2. The summed E-state index contributed by atoms with van der Waals surface area (Å²) in [5.74, 6) is 0.728. The Bertz CT molecular complexity index is 497. The van der Waals surface area contributed by atoms with Crippen LogP contribution in [0.2, 0.25) is 0 Å². The van der Waals surface area contributed by atoms with E-state index >= 15 is 0 Å². The number of rotatable bonds is 5. The van der Waals surface area contributed by atoms with Crippen molar-refractivity contribution in [2.75, 3.05) is 6.54 Å². The van der Waals surface area contributed by atoms with E-state index in [9.17, 15) is 4.79 Å². The molecule has 2 rings (SSSR count). The van der Waals surface area contributed by atoms with E-state index in [4.69, 9.17) is 0 Å². The summed E-state index contributed by atoms with van der Waals surface area (Å²) in [5, 5.41) is 3.08. The van der Waals surface area contributed by atoms with Crippen molar-refractivity contribution in [1.82, 2.24) is 5.32 Å². The lowest BCUT2D eigenvalue weighted by Crippen LogP contribution is -2.28. The first-order chi connectivity index (χ1) is 9.43. The van der Waals surface area contributed by atoms with Crippen molar-refractivity contribution in [2.45, 2.75) is 34.1 Å². The van der Waals surface area contributed by atoms with Crippen molar-refractivity contribution in [3.05, 3.63) is 47.5 Å². The Hall–Kier alpha value is -1.57. The van der Waals surface area contributed by atoms with Crippen molar-refractivity contribution in [3.8, 4) is 0 Å². The number of hydrogen-bond acceptors (Lipinski definition) is 1. The molecule has 2 nitrogen and oxygen atoms in total. The Kier molecular flexibility index (Phi) is 4.32. The van der Waals surface area contributed by atoms with Crippen LogP contribution in [0.3, 0.4) is 0 Å². The third-order valence-electron chi connectivity index (χ3n) is 4.26. The monoisotopic (exact) mass is 271 g/mol. The summed E-state index contributed by atoms with van der Waals surface area (Å²) in [7, 11) is 0. The van der Waals surface area contributed by atoms with Crippen LogP contribution in [-0.2, 0) is 11.2 Å².